The van der Waals surface area contributed by atoms with Crippen LogP contribution in [-0.4, -0.2) is 12.0 Å². The van der Waals surface area contributed by atoms with E-state index in [1.165, 1.54) is 5.56 Å². The van der Waals surface area contributed by atoms with Crippen molar-refractivity contribution in [2.75, 3.05) is 11.9 Å². The fourth-order valence-corrected chi connectivity index (χ4v) is 2.75. The van der Waals surface area contributed by atoms with E-state index in [4.69, 9.17) is 22.4 Å². The third kappa shape index (κ3) is 3.16. The van der Waals surface area contributed by atoms with Crippen molar-refractivity contribution in [3.8, 4) is 0 Å². The Labute approximate surface area is 126 Å². The second-order valence-electron chi connectivity index (χ2n) is 4.39. The zero-order valence-corrected chi connectivity index (χ0v) is 13.2. The first kappa shape index (κ1) is 14.1. The van der Waals surface area contributed by atoms with E-state index < -0.39 is 0 Å². The fourth-order valence-electron chi connectivity index (χ4n) is 1.86. The Balaban J connectivity index is 2.20. The molecule has 0 radical (unpaired) electrons. The topological polar surface area (TPSA) is 42.4 Å². The molecule has 3 nitrogen and oxygen atoms in total. The van der Waals surface area contributed by atoms with Crippen LogP contribution in [0.4, 0.5) is 5.69 Å². The highest BCUT2D eigenvalue weighted by Gasteiger charge is 2.09. The van der Waals surface area contributed by atoms with E-state index in [0.29, 0.717) is 4.99 Å². The number of hydrogen-bond donors (Lipinski definition) is 1. The molecule has 2 rings (SSSR count). The van der Waals surface area contributed by atoms with Crippen LogP contribution in [0.15, 0.2) is 39.4 Å². The predicted octanol–water partition coefficient (Wildman–Crippen LogP) is 3.62. The third-order valence-corrected chi connectivity index (χ3v) is 3.91. The second kappa shape index (κ2) is 5.75. The Morgan fingerprint density at radius 1 is 1.42 bits per heavy atom. The average molecular weight is 339 g/mol. The van der Waals surface area contributed by atoms with Crippen molar-refractivity contribution in [2.24, 2.45) is 5.73 Å². The molecule has 19 heavy (non-hydrogen) atoms. The first-order chi connectivity index (χ1) is 8.99. The van der Waals surface area contributed by atoms with Crippen LogP contribution in [0.25, 0.3) is 0 Å². The van der Waals surface area contributed by atoms with E-state index in [-0.39, 0.29) is 0 Å². The van der Waals surface area contributed by atoms with Gasteiger partial charge in [-0.15, -0.1) is 0 Å². The van der Waals surface area contributed by atoms with E-state index in [2.05, 4.69) is 20.8 Å². The van der Waals surface area contributed by atoms with Gasteiger partial charge < -0.3 is 15.1 Å². The maximum atomic E-state index is 5.65. The minimum absolute atomic E-state index is 0.395. The maximum Gasteiger partial charge on any atom is 0.105 e. The maximum absolute atomic E-state index is 5.65. The minimum atomic E-state index is 0.395. The molecule has 0 aliphatic carbocycles. The van der Waals surface area contributed by atoms with Crippen molar-refractivity contribution in [1.82, 2.24) is 0 Å². The number of halogens is 1. The van der Waals surface area contributed by atoms with Gasteiger partial charge in [0, 0.05) is 34.9 Å². The van der Waals surface area contributed by atoms with Crippen LogP contribution in [-0.2, 0) is 6.54 Å². The lowest BCUT2D eigenvalue weighted by atomic mass is 10.2. The molecule has 1 heterocycles. The highest BCUT2D eigenvalue weighted by molar-refractivity contribution is 9.10. The molecule has 0 aliphatic rings. The van der Waals surface area contributed by atoms with E-state index >= 15 is 0 Å². The van der Waals surface area contributed by atoms with Crippen LogP contribution < -0.4 is 10.6 Å². The third-order valence-electron chi connectivity index (χ3n) is 3.03. The number of hydrogen-bond acceptors (Lipinski definition) is 3. The van der Waals surface area contributed by atoms with Crippen LogP contribution >= 0.6 is 28.1 Å². The van der Waals surface area contributed by atoms with Gasteiger partial charge in [-0.05, 0) is 47.1 Å². The molecule has 0 saturated heterocycles. The zero-order chi connectivity index (χ0) is 14.0. The lowest BCUT2D eigenvalue weighted by Gasteiger charge is -2.20. The molecule has 1 aromatic heterocycles. The molecule has 0 aliphatic heterocycles. The van der Waals surface area contributed by atoms with Crippen molar-refractivity contribution in [2.45, 2.75) is 13.5 Å². The molecule has 5 heteroatoms. The van der Waals surface area contributed by atoms with Gasteiger partial charge in [-0.2, -0.15) is 0 Å². The Kier molecular flexibility index (Phi) is 4.27. The van der Waals surface area contributed by atoms with Gasteiger partial charge in [-0.25, -0.2) is 0 Å². The van der Waals surface area contributed by atoms with Gasteiger partial charge in [0.2, 0.25) is 0 Å². The Morgan fingerprint density at radius 3 is 2.68 bits per heavy atom. The highest BCUT2D eigenvalue weighted by Crippen LogP contribution is 2.25. The summed E-state index contributed by atoms with van der Waals surface area (Å²) in [6.07, 6.45) is 1.71. The molecule has 2 N–H and O–H groups in total. The van der Waals surface area contributed by atoms with Gasteiger partial charge in [0.05, 0.1) is 6.26 Å². The van der Waals surface area contributed by atoms with Gasteiger partial charge in [0.15, 0.2) is 0 Å². The molecule has 0 unspecified atom stereocenters. The first-order valence-electron chi connectivity index (χ1n) is 5.82. The van der Waals surface area contributed by atoms with E-state index in [9.17, 15) is 0 Å². The molecular weight excluding hydrogens is 324 g/mol. The van der Waals surface area contributed by atoms with Gasteiger partial charge in [0.25, 0.3) is 0 Å². The summed E-state index contributed by atoms with van der Waals surface area (Å²) in [4.78, 5) is 2.54. The van der Waals surface area contributed by atoms with Crippen LogP contribution in [0, 0.1) is 6.92 Å². The average Bonchev–Trinajstić information content (AvgIpc) is 2.74. The number of rotatable bonds is 4. The minimum Gasteiger partial charge on any atom is -0.469 e. The number of aryl methyl sites for hydroxylation is 1. The quantitative estimate of drug-likeness (QED) is 0.864. The summed E-state index contributed by atoms with van der Waals surface area (Å²) < 4.78 is 6.22. The summed E-state index contributed by atoms with van der Waals surface area (Å²) >= 11 is 8.49. The molecule has 0 amide bonds. The van der Waals surface area contributed by atoms with Crippen molar-refractivity contribution in [3.05, 3.63) is 51.9 Å². The Morgan fingerprint density at radius 2 is 2.16 bits per heavy atom. The van der Waals surface area contributed by atoms with Gasteiger partial charge in [-0.3, -0.25) is 0 Å². The second-order valence-corrected chi connectivity index (χ2v) is 5.68. The molecule has 0 spiro atoms. The molecule has 2 aromatic rings. The number of anilines is 1. The Hall–Kier alpha value is -1.33. The van der Waals surface area contributed by atoms with E-state index in [1.54, 1.807) is 6.26 Å². The number of nitrogens with two attached hydrogens (primary N) is 1. The first-order valence-corrected chi connectivity index (χ1v) is 7.02. The SMILES string of the molecule is Cc1occc1CN(C)c1ccc(C(N)=S)c(Br)c1. The number of thiocarbonyl (C=S) groups is 1. The summed E-state index contributed by atoms with van der Waals surface area (Å²) in [6, 6.07) is 7.95. The molecule has 100 valence electrons. The van der Waals surface area contributed by atoms with Crippen molar-refractivity contribution >= 4 is 38.8 Å². The van der Waals surface area contributed by atoms with Gasteiger partial charge in [-0.1, -0.05) is 12.2 Å². The Bertz CT molecular complexity index is 609. The number of nitrogens with zero attached hydrogens (tertiary/aromatic N) is 1. The predicted molar refractivity (Wildman–Crippen MR) is 85.6 cm³/mol. The van der Waals surface area contributed by atoms with Crippen molar-refractivity contribution < 1.29 is 4.42 Å². The summed E-state index contributed by atoms with van der Waals surface area (Å²) in [5.74, 6) is 0.950. The van der Waals surface area contributed by atoms with Gasteiger partial charge in [0.1, 0.15) is 10.7 Å². The van der Waals surface area contributed by atoms with Crippen LogP contribution in [0.3, 0.4) is 0 Å². The molecule has 0 fully saturated rings. The molecular formula is C14H15BrN2OS. The lowest BCUT2D eigenvalue weighted by molar-refractivity contribution is 0.529. The standard InChI is InChI=1S/C14H15BrN2OS/c1-9-10(5-6-18-9)8-17(2)11-3-4-12(14(16)19)13(15)7-11/h3-7H,8H2,1-2H3,(H2,16,19). The lowest BCUT2D eigenvalue weighted by Crippen LogP contribution is -2.17. The molecule has 1 aromatic carbocycles. The zero-order valence-electron chi connectivity index (χ0n) is 10.8. The highest BCUT2D eigenvalue weighted by atomic mass is 79.9. The van der Waals surface area contributed by atoms with Crippen molar-refractivity contribution in [1.29, 1.82) is 0 Å². The van der Waals surface area contributed by atoms with E-state index in [1.807, 2.05) is 38.2 Å². The molecule has 0 bridgehead atoms. The molecule has 0 saturated carbocycles. The summed E-state index contributed by atoms with van der Waals surface area (Å²) in [5, 5.41) is 0. The molecule has 0 atom stereocenters. The summed E-state index contributed by atoms with van der Waals surface area (Å²) in [5.41, 5.74) is 8.77. The number of benzene rings is 1. The van der Waals surface area contributed by atoms with Crippen molar-refractivity contribution in [3.63, 3.8) is 0 Å². The van der Waals surface area contributed by atoms with Crippen LogP contribution in [0.5, 0.6) is 0 Å². The largest absolute Gasteiger partial charge is 0.469 e. The van der Waals surface area contributed by atoms with Crippen LogP contribution in [0.1, 0.15) is 16.9 Å². The smallest absolute Gasteiger partial charge is 0.105 e. The monoisotopic (exact) mass is 338 g/mol. The number of furan rings is 1. The van der Waals surface area contributed by atoms with E-state index in [0.717, 1.165) is 28.0 Å². The fraction of sp³-hybridized carbons (Fsp3) is 0.214. The van der Waals surface area contributed by atoms with Crippen LogP contribution in [0.2, 0.25) is 0 Å². The normalized spacial score (nSPS) is 10.5. The summed E-state index contributed by atoms with van der Waals surface area (Å²) in [7, 11) is 2.04. The van der Waals surface area contributed by atoms with Gasteiger partial charge >= 0.3 is 0 Å². The summed E-state index contributed by atoms with van der Waals surface area (Å²) in [6.45, 7) is 2.76.